The zero-order chi connectivity index (χ0) is 15.1. The van der Waals surface area contributed by atoms with Crippen molar-refractivity contribution in [2.45, 2.75) is 6.92 Å². The van der Waals surface area contributed by atoms with Gasteiger partial charge in [0, 0.05) is 16.5 Å². The van der Waals surface area contributed by atoms with Gasteiger partial charge < -0.3 is 4.57 Å². The van der Waals surface area contributed by atoms with Gasteiger partial charge in [-0.25, -0.2) is 0 Å². The molecule has 0 amide bonds. The molecule has 0 spiro atoms. The molecule has 1 heterocycles. The van der Waals surface area contributed by atoms with Crippen LogP contribution in [-0.2, 0) is 0 Å². The van der Waals surface area contributed by atoms with Crippen molar-refractivity contribution in [3.8, 4) is 5.69 Å². The fourth-order valence-electron chi connectivity index (χ4n) is 3.23. The predicted octanol–water partition coefficient (Wildman–Crippen LogP) is 5.82. The lowest BCUT2D eigenvalue weighted by atomic mass is 10.0. The molecule has 0 radical (unpaired) electrons. The summed E-state index contributed by atoms with van der Waals surface area (Å²) in [6.07, 6.45) is 0. The maximum absolute atomic E-state index is 4.16. The van der Waals surface area contributed by atoms with E-state index < -0.39 is 0 Å². The van der Waals surface area contributed by atoms with Gasteiger partial charge in [0.15, 0.2) is 0 Å². The van der Waals surface area contributed by atoms with Crippen LogP contribution in [0.4, 0.5) is 0 Å². The lowest BCUT2D eigenvalue weighted by Crippen LogP contribution is -1.93. The first-order valence-corrected chi connectivity index (χ1v) is 7.51. The van der Waals surface area contributed by atoms with E-state index in [2.05, 4.69) is 90.9 Å². The van der Waals surface area contributed by atoms with Crippen molar-refractivity contribution in [2.24, 2.45) is 0 Å². The SMILES string of the molecule is C=C(C)c1cccc2c1c1ccccc1n2-c1ccccc1. The third-order valence-corrected chi connectivity index (χ3v) is 4.17. The van der Waals surface area contributed by atoms with E-state index in [1.165, 1.54) is 33.1 Å². The number of hydrogen-bond donors (Lipinski definition) is 0. The van der Waals surface area contributed by atoms with E-state index >= 15 is 0 Å². The topological polar surface area (TPSA) is 4.93 Å². The lowest BCUT2D eigenvalue weighted by Gasteiger charge is -2.08. The summed E-state index contributed by atoms with van der Waals surface area (Å²) < 4.78 is 2.33. The Balaban J connectivity index is 2.25. The summed E-state index contributed by atoms with van der Waals surface area (Å²) in [5.74, 6) is 0. The van der Waals surface area contributed by atoms with E-state index in [0.717, 1.165) is 5.57 Å². The second kappa shape index (κ2) is 4.88. The van der Waals surface area contributed by atoms with Crippen molar-refractivity contribution in [1.82, 2.24) is 4.57 Å². The van der Waals surface area contributed by atoms with Gasteiger partial charge in [-0.3, -0.25) is 0 Å². The van der Waals surface area contributed by atoms with Gasteiger partial charge in [-0.15, -0.1) is 0 Å². The Morgan fingerprint density at radius 3 is 2.23 bits per heavy atom. The van der Waals surface area contributed by atoms with E-state index in [9.17, 15) is 0 Å². The number of rotatable bonds is 2. The molecular weight excluding hydrogens is 266 g/mol. The molecule has 0 aliphatic heterocycles. The number of hydrogen-bond acceptors (Lipinski definition) is 0. The normalized spacial score (nSPS) is 11.1. The fraction of sp³-hybridized carbons (Fsp3) is 0.0476. The van der Waals surface area contributed by atoms with E-state index in [1.54, 1.807) is 0 Å². The van der Waals surface area contributed by atoms with Gasteiger partial charge in [0.25, 0.3) is 0 Å². The van der Waals surface area contributed by atoms with Crippen LogP contribution in [0.3, 0.4) is 0 Å². The summed E-state index contributed by atoms with van der Waals surface area (Å²) in [5, 5.41) is 2.56. The number of nitrogens with zero attached hydrogens (tertiary/aromatic N) is 1. The largest absolute Gasteiger partial charge is 0.309 e. The minimum atomic E-state index is 1.10. The molecule has 0 fully saturated rings. The van der Waals surface area contributed by atoms with Crippen LogP contribution in [0.5, 0.6) is 0 Å². The molecule has 0 bridgehead atoms. The highest BCUT2D eigenvalue weighted by Gasteiger charge is 2.14. The molecule has 22 heavy (non-hydrogen) atoms. The van der Waals surface area contributed by atoms with Gasteiger partial charge in [-0.2, -0.15) is 0 Å². The molecule has 1 aromatic heterocycles. The Morgan fingerprint density at radius 2 is 1.45 bits per heavy atom. The zero-order valence-corrected chi connectivity index (χ0v) is 12.6. The Labute approximate surface area is 130 Å². The highest BCUT2D eigenvalue weighted by molar-refractivity contribution is 6.13. The molecule has 3 aromatic carbocycles. The Kier molecular flexibility index (Phi) is 2.87. The van der Waals surface area contributed by atoms with Gasteiger partial charge in [0.1, 0.15) is 0 Å². The Hall–Kier alpha value is -2.80. The Bertz CT molecular complexity index is 990. The van der Waals surface area contributed by atoms with Crippen LogP contribution in [0.2, 0.25) is 0 Å². The average Bonchev–Trinajstić information content (AvgIpc) is 2.90. The summed E-state index contributed by atoms with van der Waals surface area (Å²) in [6.45, 7) is 6.23. The minimum absolute atomic E-state index is 1.10. The van der Waals surface area contributed by atoms with Crippen LogP contribution in [0.15, 0.2) is 79.4 Å². The quantitative estimate of drug-likeness (QED) is 0.437. The maximum Gasteiger partial charge on any atom is 0.0547 e. The molecule has 0 saturated carbocycles. The van der Waals surface area contributed by atoms with Crippen LogP contribution in [0, 0.1) is 0 Å². The molecule has 106 valence electrons. The summed E-state index contributed by atoms with van der Waals surface area (Å²) in [7, 11) is 0. The molecule has 0 aliphatic carbocycles. The molecule has 4 aromatic rings. The van der Waals surface area contributed by atoms with Gasteiger partial charge in [-0.1, -0.05) is 60.7 Å². The van der Waals surface area contributed by atoms with Gasteiger partial charge >= 0.3 is 0 Å². The van der Waals surface area contributed by atoms with Crippen molar-refractivity contribution in [1.29, 1.82) is 0 Å². The number of aromatic nitrogens is 1. The predicted molar refractivity (Wildman–Crippen MR) is 95.5 cm³/mol. The molecule has 1 heteroatoms. The number of fused-ring (bicyclic) bond motifs is 3. The Morgan fingerprint density at radius 1 is 0.773 bits per heavy atom. The van der Waals surface area contributed by atoms with Gasteiger partial charge in [0.05, 0.1) is 11.0 Å². The van der Waals surface area contributed by atoms with Crippen molar-refractivity contribution in [3.05, 3.63) is 84.9 Å². The highest BCUT2D eigenvalue weighted by Crippen LogP contribution is 2.35. The molecule has 0 saturated heterocycles. The first kappa shape index (κ1) is 12.9. The van der Waals surface area contributed by atoms with Crippen LogP contribution in [0.1, 0.15) is 12.5 Å². The highest BCUT2D eigenvalue weighted by atomic mass is 15.0. The van der Waals surface area contributed by atoms with E-state index in [1.807, 2.05) is 0 Å². The molecular formula is C21H17N. The third kappa shape index (κ3) is 1.79. The maximum atomic E-state index is 4.16. The number of allylic oxidation sites excluding steroid dienone is 1. The fourth-order valence-corrected chi connectivity index (χ4v) is 3.23. The van der Waals surface area contributed by atoms with Crippen molar-refractivity contribution < 1.29 is 0 Å². The van der Waals surface area contributed by atoms with Gasteiger partial charge in [0.2, 0.25) is 0 Å². The summed E-state index contributed by atoms with van der Waals surface area (Å²) in [6, 6.07) is 25.6. The first-order valence-electron chi connectivity index (χ1n) is 7.51. The average molecular weight is 283 g/mol. The van der Waals surface area contributed by atoms with E-state index in [-0.39, 0.29) is 0 Å². The molecule has 4 rings (SSSR count). The van der Waals surface area contributed by atoms with Crippen molar-refractivity contribution in [2.75, 3.05) is 0 Å². The monoisotopic (exact) mass is 283 g/mol. The summed E-state index contributed by atoms with van der Waals surface area (Å²) in [5.41, 5.74) is 5.97. The van der Waals surface area contributed by atoms with E-state index in [0.29, 0.717) is 0 Å². The summed E-state index contributed by atoms with van der Waals surface area (Å²) in [4.78, 5) is 0. The number of benzene rings is 3. The second-order valence-corrected chi connectivity index (χ2v) is 5.67. The molecule has 1 nitrogen and oxygen atoms in total. The standard InChI is InChI=1S/C21H17N/c1-15(2)17-12-8-14-20-21(17)18-11-6-7-13-19(18)22(20)16-9-4-3-5-10-16/h3-14H,1H2,2H3. The number of para-hydroxylation sites is 2. The van der Waals surface area contributed by atoms with Gasteiger partial charge in [-0.05, 0) is 36.8 Å². The van der Waals surface area contributed by atoms with Crippen LogP contribution in [-0.4, -0.2) is 4.57 Å². The molecule has 0 unspecified atom stereocenters. The van der Waals surface area contributed by atoms with Crippen LogP contribution >= 0.6 is 0 Å². The second-order valence-electron chi connectivity index (χ2n) is 5.67. The zero-order valence-electron chi connectivity index (χ0n) is 12.6. The van der Waals surface area contributed by atoms with Crippen LogP contribution in [0.25, 0.3) is 33.1 Å². The van der Waals surface area contributed by atoms with E-state index in [4.69, 9.17) is 0 Å². The van der Waals surface area contributed by atoms with Crippen molar-refractivity contribution in [3.63, 3.8) is 0 Å². The third-order valence-electron chi connectivity index (χ3n) is 4.17. The minimum Gasteiger partial charge on any atom is -0.309 e. The smallest absolute Gasteiger partial charge is 0.0547 e. The lowest BCUT2D eigenvalue weighted by molar-refractivity contribution is 1.18. The molecule has 0 N–H and O–H groups in total. The van der Waals surface area contributed by atoms with Crippen molar-refractivity contribution >= 4 is 27.4 Å². The first-order chi connectivity index (χ1) is 10.8. The van der Waals surface area contributed by atoms with Crippen LogP contribution < -0.4 is 0 Å². The molecule has 0 atom stereocenters. The molecule has 0 aliphatic rings. The summed E-state index contributed by atoms with van der Waals surface area (Å²) >= 11 is 0.